The molecule has 0 spiro atoms. The maximum Gasteiger partial charge on any atom is 0.271 e. The second-order valence-corrected chi connectivity index (χ2v) is 4.98. The minimum Gasteiger partial charge on any atom is -0.480 e. The van der Waals surface area contributed by atoms with E-state index in [0.29, 0.717) is 0 Å². The van der Waals surface area contributed by atoms with Crippen molar-refractivity contribution in [3.05, 3.63) is 73.8 Å². The van der Waals surface area contributed by atoms with Gasteiger partial charge >= 0.3 is 0 Å². The van der Waals surface area contributed by atoms with E-state index in [2.05, 4.69) is 16.4 Å². The first kappa shape index (κ1) is 19.1. The van der Waals surface area contributed by atoms with E-state index in [0.717, 1.165) is 0 Å². The summed E-state index contributed by atoms with van der Waals surface area (Å²) in [7, 11) is 0. The molecule has 0 radical (unpaired) electrons. The second kappa shape index (κ2) is 8.72. The molecule has 10 nitrogen and oxygen atoms in total. The van der Waals surface area contributed by atoms with Gasteiger partial charge in [0.2, 0.25) is 0 Å². The summed E-state index contributed by atoms with van der Waals surface area (Å²) in [6.07, 6.45) is 6.29. The van der Waals surface area contributed by atoms with Crippen molar-refractivity contribution >= 4 is 23.5 Å². The van der Waals surface area contributed by atoms with Crippen LogP contribution in [0.15, 0.2) is 47.6 Å². The van der Waals surface area contributed by atoms with Gasteiger partial charge in [-0.15, -0.1) is 6.42 Å². The van der Waals surface area contributed by atoms with Crippen molar-refractivity contribution in [1.82, 2.24) is 5.43 Å². The first-order chi connectivity index (χ1) is 12.9. The van der Waals surface area contributed by atoms with Crippen LogP contribution in [0.5, 0.6) is 5.75 Å². The van der Waals surface area contributed by atoms with Gasteiger partial charge in [0.05, 0.1) is 16.1 Å². The summed E-state index contributed by atoms with van der Waals surface area (Å²) < 4.78 is 5.27. The van der Waals surface area contributed by atoms with E-state index >= 15 is 0 Å². The van der Waals surface area contributed by atoms with Crippen molar-refractivity contribution in [2.75, 3.05) is 6.61 Å². The lowest BCUT2D eigenvalue weighted by atomic mass is 10.2. The predicted molar refractivity (Wildman–Crippen MR) is 95.6 cm³/mol. The van der Waals surface area contributed by atoms with E-state index in [1.165, 1.54) is 48.7 Å². The van der Waals surface area contributed by atoms with Crippen molar-refractivity contribution in [3.63, 3.8) is 0 Å². The third-order valence-corrected chi connectivity index (χ3v) is 3.23. The molecule has 1 N–H and O–H groups in total. The maximum atomic E-state index is 12.0. The van der Waals surface area contributed by atoms with E-state index in [1.807, 2.05) is 0 Å². The fourth-order valence-corrected chi connectivity index (χ4v) is 1.96. The quantitative estimate of drug-likeness (QED) is 0.344. The molecule has 2 rings (SSSR count). The number of carbonyl (C=O) groups is 1. The second-order valence-electron chi connectivity index (χ2n) is 4.98. The van der Waals surface area contributed by atoms with E-state index in [-0.39, 0.29) is 34.9 Å². The molecule has 0 aliphatic heterocycles. The van der Waals surface area contributed by atoms with Gasteiger partial charge in [-0.1, -0.05) is 5.92 Å². The highest BCUT2D eigenvalue weighted by molar-refractivity contribution is 5.95. The molecule has 0 fully saturated rings. The van der Waals surface area contributed by atoms with Gasteiger partial charge in [-0.05, 0) is 18.2 Å². The van der Waals surface area contributed by atoms with E-state index in [4.69, 9.17) is 11.2 Å². The van der Waals surface area contributed by atoms with Gasteiger partial charge in [-0.3, -0.25) is 25.0 Å². The molecule has 1 amide bonds. The smallest absolute Gasteiger partial charge is 0.271 e. The number of carbonyl (C=O) groups excluding carboxylic acids is 1. The molecule has 0 atom stereocenters. The molecule has 0 saturated heterocycles. The number of benzene rings is 2. The van der Waals surface area contributed by atoms with Crippen molar-refractivity contribution in [2.24, 2.45) is 5.10 Å². The standard InChI is InChI=1S/C17H12N4O6/c1-2-9-27-16-8-7-15(21(25)26)10-13(16)11-18-19-17(22)12-3-5-14(6-4-12)20(23)24/h1,3-8,10-11H,9H2,(H,19,22)/b18-11+. The Morgan fingerprint density at radius 3 is 2.37 bits per heavy atom. The highest BCUT2D eigenvalue weighted by atomic mass is 16.6. The Morgan fingerprint density at radius 1 is 1.15 bits per heavy atom. The van der Waals surface area contributed by atoms with Gasteiger partial charge in [-0.2, -0.15) is 5.10 Å². The Morgan fingerprint density at radius 2 is 1.78 bits per heavy atom. The minimum atomic E-state index is -0.613. The van der Waals surface area contributed by atoms with Crippen LogP contribution < -0.4 is 10.2 Å². The zero-order chi connectivity index (χ0) is 19.8. The fraction of sp³-hybridized carbons (Fsp3) is 0.0588. The number of terminal acetylenes is 1. The zero-order valence-electron chi connectivity index (χ0n) is 13.7. The third-order valence-electron chi connectivity index (χ3n) is 3.23. The number of amides is 1. The van der Waals surface area contributed by atoms with Gasteiger partial charge < -0.3 is 4.74 Å². The number of nitro benzene ring substituents is 2. The maximum absolute atomic E-state index is 12.0. The van der Waals surface area contributed by atoms with Crippen LogP contribution in [0.4, 0.5) is 11.4 Å². The van der Waals surface area contributed by atoms with Gasteiger partial charge in [-0.25, -0.2) is 5.43 Å². The van der Waals surface area contributed by atoms with Crippen molar-refractivity contribution in [3.8, 4) is 18.1 Å². The van der Waals surface area contributed by atoms with E-state index in [1.54, 1.807) is 0 Å². The Balaban J connectivity index is 2.15. The number of ether oxygens (including phenoxy) is 1. The molecule has 2 aromatic rings. The summed E-state index contributed by atoms with van der Waals surface area (Å²) in [5.74, 6) is 1.91. The highest BCUT2D eigenvalue weighted by Crippen LogP contribution is 2.22. The average Bonchev–Trinajstić information content (AvgIpc) is 2.66. The monoisotopic (exact) mass is 368 g/mol. The molecule has 27 heavy (non-hydrogen) atoms. The van der Waals surface area contributed by atoms with Crippen molar-refractivity contribution < 1.29 is 19.4 Å². The van der Waals surface area contributed by atoms with Crippen LogP contribution in [0.1, 0.15) is 15.9 Å². The van der Waals surface area contributed by atoms with Crippen LogP contribution in [0.2, 0.25) is 0 Å². The van der Waals surface area contributed by atoms with Gasteiger partial charge in [0.15, 0.2) is 0 Å². The molecule has 0 aliphatic rings. The normalized spacial score (nSPS) is 10.2. The lowest BCUT2D eigenvalue weighted by molar-refractivity contribution is -0.385. The Bertz CT molecular complexity index is 947. The third kappa shape index (κ3) is 5.10. The highest BCUT2D eigenvalue weighted by Gasteiger charge is 2.11. The number of nitrogens with zero attached hydrogens (tertiary/aromatic N) is 3. The molecule has 2 aromatic carbocycles. The SMILES string of the molecule is C#CCOc1ccc([N+](=O)[O-])cc1/C=N/NC(=O)c1ccc([N+](=O)[O-])cc1. The van der Waals surface area contributed by atoms with Gasteiger partial charge in [0.25, 0.3) is 17.3 Å². The summed E-state index contributed by atoms with van der Waals surface area (Å²) in [6, 6.07) is 8.76. The average molecular weight is 368 g/mol. The lowest BCUT2D eigenvalue weighted by Crippen LogP contribution is -2.17. The largest absolute Gasteiger partial charge is 0.480 e. The summed E-state index contributed by atoms with van der Waals surface area (Å²) in [5.41, 5.74) is 2.28. The topological polar surface area (TPSA) is 137 Å². The first-order valence-electron chi connectivity index (χ1n) is 7.35. The van der Waals surface area contributed by atoms with Crippen LogP contribution in [0.3, 0.4) is 0 Å². The number of rotatable bonds is 7. The van der Waals surface area contributed by atoms with Crippen molar-refractivity contribution in [1.29, 1.82) is 0 Å². The van der Waals surface area contributed by atoms with Gasteiger partial charge in [0.1, 0.15) is 12.4 Å². The number of nitro groups is 2. The summed E-state index contributed by atoms with van der Waals surface area (Å²) in [5, 5.41) is 25.2. The lowest BCUT2D eigenvalue weighted by Gasteiger charge is -2.06. The van der Waals surface area contributed by atoms with Crippen LogP contribution in [0, 0.1) is 32.6 Å². The fourth-order valence-electron chi connectivity index (χ4n) is 1.96. The number of hydrogen-bond acceptors (Lipinski definition) is 7. The number of hydrazone groups is 1. The number of nitrogens with one attached hydrogen (secondary N) is 1. The van der Waals surface area contributed by atoms with Gasteiger partial charge in [0, 0.05) is 35.4 Å². The molecule has 0 heterocycles. The Hall–Kier alpha value is -4.26. The molecule has 0 aromatic heterocycles. The molecule has 0 saturated carbocycles. The summed E-state index contributed by atoms with van der Waals surface area (Å²) >= 11 is 0. The zero-order valence-corrected chi connectivity index (χ0v) is 13.7. The molecular formula is C17H12N4O6. The number of non-ortho nitro benzene ring substituents is 2. The Labute approximate surface area is 152 Å². The van der Waals surface area contributed by atoms with E-state index in [9.17, 15) is 25.0 Å². The summed E-state index contributed by atoms with van der Waals surface area (Å²) in [4.78, 5) is 32.3. The van der Waals surface area contributed by atoms with Crippen LogP contribution in [0.25, 0.3) is 0 Å². The Kier molecular flexibility index (Phi) is 6.16. The van der Waals surface area contributed by atoms with Crippen LogP contribution in [-0.4, -0.2) is 28.6 Å². The molecule has 10 heteroatoms. The molecular weight excluding hydrogens is 356 g/mol. The minimum absolute atomic E-state index is 0.0478. The number of hydrogen-bond donors (Lipinski definition) is 1. The first-order valence-corrected chi connectivity index (χ1v) is 7.35. The van der Waals surface area contributed by atoms with E-state index < -0.39 is 15.8 Å². The molecule has 0 bridgehead atoms. The van der Waals surface area contributed by atoms with Crippen molar-refractivity contribution in [2.45, 2.75) is 0 Å². The molecule has 136 valence electrons. The predicted octanol–water partition coefficient (Wildman–Crippen LogP) is 2.28. The molecule has 0 aliphatic carbocycles. The van der Waals surface area contributed by atoms with Crippen LogP contribution >= 0.6 is 0 Å². The molecule has 0 unspecified atom stereocenters. The summed E-state index contributed by atoms with van der Waals surface area (Å²) in [6.45, 7) is -0.0478. The van der Waals surface area contributed by atoms with Crippen LogP contribution in [-0.2, 0) is 0 Å².